The third-order valence-electron chi connectivity index (χ3n) is 3.67. The van der Waals surface area contributed by atoms with Crippen LogP contribution in [0.2, 0.25) is 0 Å². The van der Waals surface area contributed by atoms with Crippen LogP contribution in [0, 0.1) is 0 Å². The molecule has 0 fully saturated rings. The number of nitrogens with one attached hydrogen (secondary N) is 1. The van der Waals surface area contributed by atoms with Crippen molar-refractivity contribution < 1.29 is 4.42 Å². The van der Waals surface area contributed by atoms with Crippen LogP contribution in [0.5, 0.6) is 0 Å². The smallest absolute Gasteiger partial charge is 0.122 e. The Bertz CT molecular complexity index is 505. The first kappa shape index (κ1) is 12.4. The molecule has 102 valence electrons. The minimum absolute atomic E-state index is 0.266. The van der Waals surface area contributed by atoms with E-state index in [0.717, 1.165) is 38.5 Å². The fourth-order valence-electron chi connectivity index (χ4n) is 2.49. The summed E-state index contributed by atoms with van der Waals surface area (Å²) in [6.07, 6.45) is 5.66. The van der Waals surface area contributed by atoms with Crippen molar-refractivity contribution in [2.24, 2.45) is 0 Å². The fourth-order valence-corrected chi connectivity index (χ4v) is 2.49. The third kappa shape index (κ3) is 2.88. The molecule has 0 saturated heterocycles. The van der Waals surface area contributed by atoms with Gasteiger partial charge in [0.15, 0.2) is 0 Å². The molecular weight excluding hydrogens is 240 g/mol. The van der Waals surface area contributed by atoms with Gasteiger partial charge in [0, 0.05) is 38.6 Å². The lowest BCUT2D eigenvalue weighted by Gasteiger charge is -2.27. The van der Waals surface area contributed by atoms with Crippen LogP contribution in [-0.2, 0) is 13.1 Å². The van der Waals surface area contributed by atoms with Gasteiger partial charge in [-0.3, -0.25) is 4.90 Å². The second-order valence-corrected chi connectivity index (χ2v) is 5.00. The zero-order valence-corrected chi connectivity index (χ0v) is 11.2. The Labute approximate surface area is 113 Å². The summed E-state index contributed by atoms with van der Waals surface area (Å²) in [5.41, 5.74) is 0. The minimum atomic E-state index is 0.266. The summed E-state index contributed by atoms with van der Waals surface area (Å²) in [6, 6.07) is 4.20. The molecule has 5 nitrogen and oxygen atoms in total. The first-order valence-electron chi connectivity index (χ1n) is 6.82. The number of hydrogen-bond acceptors (Lipinski definition) is 4. The molecule has 5 heteroatoms. The quantitative estimate of drug-likeness (QED) is 0.888. The van der Waals surface area contributed by atoms with E-state index in [1.807, 2.05) is 18.3 Å². The molecule has 0 saturated carbocycles. The van der Waals surface area contributed by atoms with Crippen molar-refractivity contribution in [1.29, 1.82) is 0 Å². The minimum Gasteiger partial charge on any atom is -0.468 e. The van der Waals surface area contributed by atoms with Gasteiger partial charge in [0.2, 0.25) is 0 Å². The topological polar surface area (TPSA) is 46.2 Å². The highest BCUT2D eigenvalue weighted by Crippen LogP contribution is 2.12. The van der Waals surface area contributed by atoms with Gasteiger partial charge in [-0.2, -0.15) is 0 Å². The standard InChI is InChI=1S/C14H20N4O/c1-12(13-3-2-10-19-13)15-4-6-17-8-9-18-7-5-16-14(18)11-17/h2-3,5,7,10,12,15H,4,6,8-9,11H2,1H3. The lowest BCUT2D eigenvalue weighted by Crippen LogP contribution is -2.38. The zero-order chi connectivity index (χ0) is 13.1. The Hall–Kier alpha value is -1.59. The monoisotopic (exact) mass is 260 g/mol. The number of fused-ring (bicyclic) bond motifs is 1. The highest BCUT2D eigenvalue weighted by atomic mass is 16.3. The molecule has 1 unspecified atom stereocenters. The number of rotatable bonds is 5. The molecule has 1 aliphatic rings. The van der Waals surface area contributed by atoms with E-state index < -0.39 is 0 Å². The maximum atomic E-state index is 5.38. The normalized spacial score (nSPS) is 17.3. The lowest BCUT2D eigenvalue weighted by atomic mass is 10.2. The van der Waals surface area contributed by atoms with E-state index in [4.69, 9.17) is 4.42 Å². The van der Waals surface area contributed by atoms with Crippen molar-refractivity contribution in [1.82, 2.24) is 19.8 Å². The van der Waals surface area contributed by atoms with E-state index in [9.17, 15) is 0 Å². The van der Waals surface area contributed by atoms with Crippen LogP contribution in [-0.4, -0.2) is 34.1 Å². The van der Waals surface area contributed by atoms with Gasteiger partial charge in [-0.25, -0.2) is 4.98 Å². The summed E-state index contributed by atoms with van der Waals surface area (Å²) in [7, 11) is 0. The van der Waals surface area contributed by atoms with Gasteiger partial charge in [0.1, 0.15) is 11.6 Å². The van der Waals surface area contributed by atoms with E-state index >= 15 is 0 Å². The van der Waals surface area contributed by atoms with Crippen LogP contribution in [0.25, 0.3) is 0 Å². The molecule has 2 aromatic heterocycles. The van der Waals surface area contributed by atoms with E-state index in [1.165, 1.54) is 5.82 Å². The average Bonchev–Trinajstić information content (AvgIpc) is 3.09. The van der Waals surface area contributed by atoms with Gasteiger partial charge in [0.25, 0.3) is 0 Å². The Morgan fingerprint density at radius 3 is 3.26 bits per heavy atom. The number of furan rings is 1. The van der Waals surface area contributed by atoms with E-state index in [-0.39, 0.29) is 6.04 Å². The molecule has 3 heterocycles. The Morgan fingerprint density at radius 1 is 1.47 bits per heavy atom. The van der Waals surface area contributed by atoms with Crippen LogP contribution in [0.1, 0.15) is 24.6 Å². The highest BCUT2D eigenvalue weighted by molar-refractivity contribution is 5.03. The summed E-state index contributed by atoms with van der Waals surface area (Å²) in [4.78, 5) is 6.81. The Balaban J connectivity index is 1.44. The molecule has 1 atom stereocenters. The third-order valence-corrected chi connectivity index (χ3v) is 3.67. The van der Waals surface area contributed by atoms with Crippen molar-refractivity contribution in [3.8, 4) is 0 Å². The second kappa shape index (κ2) is 5.59. The van der Waals surface area contributed by atoms with Crippen LogP contribution < -0.4 is 5.32 Å². The maximum absolute atomic E-state index is 5.38. The van der Waals surface area contributed by atoms with Crippen molar-refractivity contribution in [2.75, 3.05) is 19.6 Å². The second-order valence-electron chi connectivity index (χ2n) is 5.00. The van der Waals surface area contributed by atoms with Crippen LogP contribution in [0.4, 0.5) is 0 Å². The zero-order valence-electron chi connectivity index (χ0n) is 11.2. The molecule has 1 aliphatic heterocycles. The Morgan fingerprint density at radius 2 is 2.42 bits per heavy atom. The van der Waals surface area contributed by atoms with Gasteiger partial charge < -0.3 is 14.3 Å². The van der Waals surface area contributed by atoms with Crippen LogP contribution >= 0.6 is 0 Å². The summed E-state index contributed by atoms with van der Waals surface area (Å²) in [5, 5.41) is 3.49. The van der Waals surface area contributed by atoms with Gasteiger partial charge in [-0.05, 0) is 19.1 Å². The largest absolute Gasteiger partial charge is 0.468 e. The van der Waals surface area contributed by atoms with Gasteiger partial charge in [0.05, 0.1) is 18.8 Å². The van der Waals surface area contributed by atoms with Crippen molar-refractivity contribution in [3.63, 3.8) is 0 Å². The maximum Gasteiger partial charge on any atom is 0.122 e. The fraction of sp³-hybridized carbons (Fsp3) is 0.500. The molecule has 0 bridgehead atoms. The first-order valence-corrected chi connectivity index (χ1v) is 6.82. The molecule has 0 amide bonds. The lowest BCUT2D eigenvalue weighted by molar-refractivity contribution is 0.214. The van der Waals surface area contributed by atoms with E-state index in [1.54, 1.807) is 6.26 Å². The summed E-state index contributed by atoms with van der Waals surface area (Å²) < 4.78 is 7.62. The summed E-state index contributed by atoms with van der Waals surface area (Å²) in [6.45, 7) is 7.22. The van der Waals surface area contributed by atoms with Gasteiger partial charge >= 0.3 is 0 Å². The van der Waals surface area contributed by atoms with Crippen molar-refractivity contribution in [2.45, 2.75) is 26.1 Å². The molecule has 0 radical (unpaired) electrons. The predicted octanol–water partition coefficient (Wildman–Crippen LogP) is 1.64. The van der Waals surface area contributed by atoms with Gasteiger partial charge in [-0.15, -0.1) is 0 Å². The molecule has 3 rings (SSSR count). The van der Waals surface area contributed by atoms with Crippen molar-refractivity contribution >= 4 is 0 Å². The molecule has 0 aromatic carbocycles. The number of imidazole rings is 1. The highest BCUT2D eigenvalue weighted by Gasteiger charge is 2.16. The average molecular weight is 260 g/mol. The predicted molar refractivity (Wildman–Crippen MR) is 72.6 cm³/mol. The van der Waals surface area contributed by atoms with Gasteiger partial charge in [-0.1, -0.05) is 0 Å². The Kier molecular flexibility index (Phi) is 3.66. The van der Waals surface area contributed by atoms with Crippen molar-refractivity contribution in [3.05, 3.63) is 42.4 Å². The molecule has 0 spiro atoms. The number of aromatic nitrogens is 2. The van der Waals surface area contributed by atoms with E-state index in [2.05, 4.69) is 32.9 Å². The SMILES string of the molecule is CC(NCCN1CCn2ccnc2C1)c1ccco1. The number of hydrogen-bond donors (Lipinski definition) is 1. The molecule has 19 heavy (non-hydrogen) atoms. The first-order chi connectivity index (χ1) is 9.33. The summed E-state index contributed by atoms with van der Waals surface area (Å²) >= 11 is 0. The van der Waals surface area contributed by atoms with Crippen LogP contribution in [0.15, 0.2) is 35.2 Å². The van der Waals surface area contributed by atoms with Crippen LogP contribution in [0.3, 0.4) is 0 Å². The number of nitrogens with zero attached hydrogens (tertiary/aromatic N) is 3. The summed E-state index contributed by atoms with van der Waals surface area (Å²) in [5.74, 6) is 2.17. The molecular formula is C14H20N4O. The molecule has 2 aromatic rings. The molecule has 1 N–H and O–H groups in total. The molecule has 0 aliphatic carbocycles. The van der Waals surface area contributed by atoms with E-state index in [0.29, 0.717) is 0 Å².